The highest BCUT2D eigenvalue weighted by molar-refractivity contribution is 9.09. The van der Waals surface area contributed by atoms with Crippen molar-refractivity contribution in [2.45, 2.75) is 32.6 Å². The number of hydrogen-bond acceptors (Lipinski definition) is 1. The molecule has 0 amide bonds. The first kappa shape index (κ1) is 10.7. The maximum atomic E-state index is 5.87. The van der Waals surface area contributed by atoms with E-state index < -0.39 is 0 Å². The summed E-state index contributed by atoms with van der Waals surface area (Å²) in [6, 6.07) is 2.21. The quantitative estimate of drug-likeness (QED) is 0.593. The number of halogens is 1. The summed E-state index contributed by atoms with van der Waals surface area (Å²) in [6.45, 7) is 8.50. The molecule has 1 nitrogen and oxygen atoms in total. The summed E-state index contributed by atoms with van der Waals surface area (Å²) in [5.74, 6) is 0. The van der Waals surface area contributed by atoms with Gasteiger partial charge in [0.15, 0.2) is 0 Å². The van der Waals surface area contributed by atoms with Crippen LogP contribution in [0.2, 0.25) is 0 Å². The van der Waals surface area contributed by atoms with Gasteiger partial charge >= 0.3 is 0 Å². The van der Waals surface area contributed by atoms with Crippen molar-refractivity contribution < 1.29 is 0 Å². The Balaban J connectivity index is 3.46. The van der Waals surface area contributed by atoms with Gasteiger partial charge in [0.1, 0.15) is 0 Å². The van der Waals surface area contributed by atoms with E-state index in [0.717, 1.165) is 0 Å². The van der Waals surface area contributed by atoms with Gasteiger partial charge in [-0.2, -0.15) is 0 Å². The van der Waals surface area contributed by atoms with E-state index in [-0.39, 0.29) is 4.95 Å². The lowest BCUT2D eigenvalue weighted by molar-refractivity contribution is 0.997. The van der Waals surface area contributed by atoms with Gasteiger partial charge in [0.05, 0.1) is 4.95 Å². The molecule has 0 spiro atoms. The third-order valence-corrected chi connectivity index (χ3v) is 3.16. The summed E-state index contributed by atoms with van der Waals surface area (Å²) in [5.41, 5.74) is 12.3. The molecule has 0 aromatic heterocycles. The lowest BCUT2D eigenvalue weighted by Crippen LogP contribution is -2.08. The fraction of sp³-hybridized carbons (Fsp3) is 0.455. The fourth-order valence-electron chi connectivity index (χ4n) is 1.66. The van der Waals surface area contributed by atoms with Crippen LogP contribution in [-0.4, -0.2) is 0 Å². The summed E-state index contributed by atoms with van der Waals surface area (Å²) in [5, 5.41) is 0. The third kappa shape index (κ3) is 1.94. The molecule has 0 aliphatic carbocycles. The molecule has 0 saturated carbocycles. The number of aryl methyl sites for hydroxylation is 2. The highest BCUT2D eigenvalue weighted by atomic mass is 79.9. The van der Waals surface area contributed by atoms with E-state index in [4.69, 9.17) is 5.73 Å². The van der Waals surface area contributed by atoms with Crippen LogP contribution in [-0.2, 0) is 0 Å². The highest BCUT2D eigenvalue weighted by Crippen LogP contribution is 2.28. The molecule has 13 heavy (non-hydrogen) atoms. The maximum Gasteiger partial charge on any atom is 0.0867 e. The van der Waals surface area contributed by atoms with E-state index in [2.05, 4.69) is 49.7 Å². The van der Waals surface area contributed by atoms with Crippen molar-refractivity contribution in [1.82, 2.24) is 0 Å². The molecule has 0 fully saturated rings. The first-order chi connectivity index (χ1) is 5.95. The van der Waals surface area contributed by atoms with Gasteiger partial charge in [0.25, 0.3) is 0 Å². The summed E-state index contributed by atoms with van der Waals surface area (Å²) in [6.07, 6.45) is 0. The molecule has 2 N–H and O–H groups in total. The van der Waals surface area contributed by atoms with E-state index in [0.29, 0.717) is 0 Å². The average molecular weight is 242 g/mol. The largest absolute Gasteiger partial charge is 0.315 e. The lowest BCUT2D eigenvalue weighted by atomic mass is 9.94. The number of hydrogen-bond donors (Lipinski definition) is 1. The van der Waals surface area contributed by atoms with Gasteiger partial charge < -0.3 is 5.73 Å². The average Bonchev–Trinajstić information content (AvgIpc) is 2.01. The van der Waals surface area contributed by atoms with Crippen LogP contribution in [0.1, 0.15) is 32.8 Å². The molecule has 1 atom stereocenters. The second kappa shape index (κ2) is 3.81. The Morgan fingerprint density at radius 1 is 1.08 bits per heavy atom. The van der Waals surface area contributed by atoms with E-state index in [1.807, 2.05) is 0 Å². The minimum absolute atomic E-state index is 0.0499. The zero-order chi connectivity index (χ0) is 10.2. The normalized spacial score (nSPS) is 13.1. The first-order valence-corrected chi connectivity index (χ1v) is 5.33. The molecule has 1 aromatic carbocycles. The van der Waals surface area contributed by atoms with Crippen LogP contribution < -0.4 is 5.73 Å². The van der Waals surface area contributed by atoms with E-state index >= 15 is 0 Å². The predicted octanol–water partition coefficient (Wildman–Crippen LogP) is 3.27. The van der Waals surface area contributed by atoms with Crippen LogP contribution >= 0.6 is 15.9 Å². The van der Waals surface area contributed by atoms with Gasteiger partial charge in [-0.05, 0) is 55.5 Å². The van der Waals surface area contributed by atoms with Gasteiger partial charge in [-0.15, -0.1) is 0 Å². The van der Waals surface area contributed by atoms with Crippen molar-refractivity contribution in [3.8, 4) is 0 Å². The van der Waals surface area contributed by atoms with Gasteiger partial charge in [-0.1, -0.05) is 22.0 Å². The molecule has 0 aliphatic rings. The minimum atomic E-state index is -0.0499. The van der Waals surface area contributed by atoms with Crippen LogP contribution in [0, 0.1) is 27.7 Å². The Kier molecular flexibility index (Phi) is 3.14. The molecule has 1 unspecified atom stereocenters. The fourth-order valence-corrected chi connectivity index (χ4v) is 2.35. The molecule has 0 heterocycles. The minimum Gasteiger partial charge on any atom is -0.315 e. The van der Waals surface area contributed by atoms with Crippen molar-refractivity contribution in [3.05, 3.63) is 33.9 Å². The molecule has 0 saturated heterocycles. The Bertz CT molecular complexity index is 303. The number of rotatable bonds is 1. The molecule has 1 aromatic rings. The second-order valence-corrected chi connectivity index (χ2v) is 4.56. The predicted molar refractivity (Wildman–Crippen MR) is 61.2 cm³/mol. The highest BCUT2D eigenvalue weighted by Gasteiger charge is 2.12. The summed E-state index contributed by atoms with van der Waals surface area (Å²) in [7, 11) is 0. The SMILES string of the molecule is Cc1cc(C)c(C)c(C(N)Br)c1C. The topological polar surface area (TPSA) is 26.0 Å². The maximum absolute atomic E-state index is 5.87. The van der Waals surface area contributed by atoms with Crippen molar-refractivity contribution in [2.24, 2.45) is 5.73 Å². The zero-order valence-corrected chi connectivity index (χ0v) is 10.2. The molecule has 0 bridgehead atoms. The Morgan fingerprint density at radius 2 is 1.46 bits per heavy atom. The molecular formula is C11H16BrN. The second-order valence-electron chi connectivity index (χ2n) is 3.58. The number of alkyl halides is 1. The molecular weight excluding hydrogens is 226 g/mol. The summed E-state index contributed by atoms with van der Waals surface area (Å²) >= 11 is 3.43. The standard InChI is InChI=1S/C11H16BrN/c1-6-5-7(2)9(4)10(8(6)3)11(12)13/h5,11H,13H2,1-4H3. The molecule has 0 radical (unpaired) electrons. The Labute approximate surface area is 88.5 Å². The van der Waals surface area contributed by atoms with Crippen LogP contribution in [0.4, 0.5) is 0 Å². The zero-order valence-electron chi connectivity index (χ0n) is 8.61. The molecule has 0 aliphatic heterocycles. The first-order valence-electron chi connectivity index (χ1n) is 4.42. The molecule has 72 valence electrons. The monoisotopic (exact) mass is 241 g/mol. The number of benzene rings is 1. The van der Waals surface area contributed by atoms with Gasteiger partial charge in [0, 0.05) is 0 Å². The van der Waals surface area contributed by atoms with Crippen molar-refractivity contribution in [2.75, 3.05) is 0 Å². The van der Waals surface area contributed by atoms with Crippen molar-refractivity contribution >= 4 is 15.9 Å². The summed E-state index contributed by atoms with van der Waals surface area (Å²) < 4.78 is 0. The Hall–Kier alpha value is -0.340. The molecule has 2 heteroatoms. The van der Waals surface area contributed by atoms with E-state index in [9.17, 15) is 0 Å². The summed E-state index contributed by atoms with van der Waals surface area (Å²) in [4.78, 5) is -0.0499. The van der Waals surface area contributed by atoms with Crippen molar-refractivity contribution in [1.29, 1.82) is 0 Å². The van der Waals surface area contributed by atoms with Crippen LogP contribution in [0.5, 0.6) is 0 Å². The van der Waals surface area contributed by atoms with Gasteiger partial charge in [-0.25, -0.2) is 0 Å². The van der Waals surface area contributed by atoms with E-state index in [1.54, 1.807) is 0 Å². The van der Waals surface area contributed by atoms with Gasteiger partial charge in [0.2, 0.25) is 0 Å². The van der Waals surface area contributed by atoms with Crippen LogP contribution in [0.3, 0.4) is 0 Å². The van der Waals surface area contributed by atoms with Crippen LogP contribution in [0.25, 0.3) is 0 Å². The Morgan fingerprint density at radius 3 is 1.77 bits per heavy atom. The molecule has 1 rings (SSSR count). The third-order valence-electron chi connectivity index (χ3n) is 2.70. The van der Waals surface area contributed by atoms with Crippen LogP contribution in [0.15, 0.2) is 6.07 Å². The van der Waals surface area contributed by atoms with Gasteiger partial charge in [-0.3, -0.25) is 0 Å². The lowest BCUT2D eigenvalue weighted by Gasteiger charge is -2.16. The smallest absolute Gasteiger partial charge is 0.0867 e. The van der Waals surface area contributed by atoms with E-state index in [1.165, 1.54) is 27.8 Å². The van der Waals surface area contributed by atoms with Crippen molar-refractivity contribution in [3.63, 3.8) is 0 Å². The number of nitrogens with two attached hydrogens (primary N) is 1.